The lowest BCUT2D eigenvalue weighted by atomic mass is 9.82. The number of fused-ring (bicyclic) bond motifs is 2. The van der Waals surface area contributed by atoms with Gasteiger partial charge in [0.15, 0.2) is 0 Å². The normalized spacial score (nSPS) is 29.2. The number of rotatable bonds is 0. The highest BCUT2D eigenvalue weighted by Crippen LogP contribution is 2.41. The molecule has 2 aliphatic heterocycles. The van der Waals surface area contributed by atoms with Gasteiger partial charge in [-0.05, 0) is 30.7 Å². The minimum absolute atomic E-state index is 0.371. The molecule has 2 N–H and O–H groups in total. The SMILES string of the molecule is Brc1ccc2c(c1)NC[C@@]21CCNC1. The molecule has 2 nitrogen and oxygen atoms in total. The van der Waals surface area contributed by atoms with Crippen molar-refractivity contribution in [2.45, 2.75) is 11.8 Å². The Hall–Kier alpha value is -0.540. The van der Waals surface area contributed by atoms with Gasteiger partial charge in [0.2, 0.25) is 0 Å². The van der Waals surface area contributed by atoms with Crippen LogP contribution >= 0.6 is 15.9 Å². The third kappa shape index (κ3) is 1.12. The summed E-state index contributed by atoms with van der Waals surface area (Å²) in [6.45, 7) is 3.36. The monoisotopic (exact) mass is 252 g/mol. The lowest BCUT2D eigenvalue weighted by Crippen LogP contribution is -2.30. The Balaban J connectivity index is 2.09. The van der Waals surface area contributed by atoms with E-state index in [1.54, 1.807) is 0 Å². The summed E-state index contributed by atoms with van der Waals surface area (Å²) >= 11 is 3.51. The third-order valence-electron chi connectivity index (χ3n) is 3.41. The van der Waals surface area contributed by atoms with Crippen LogP contribution in [0.4, 0.5) is 5.69 Å². The van der Waals surface area contributed by atoms with Crippen molar-refractivity contribution < 1.29 is 0 Å². The van der Waals surface area contributed by atoms with E-state index in [2.05, 4.69) is 44.8 Å². The van der Waals surface area contributed by atoms with Crippen LogP contribution in [-0.4, -0.2) is 19.6 Å². The van der Waals surface area contributed by atoms with Gasteiger partial charge in [0.05, 0.1) is 0 Å². The number of hydrogen-bond acceptors (Lipinski definition) is 2. The number of anilines is 1. The summed E-state index contributed by atoms with van der Waals surface area (Å²) in [5.74, 6) is 0. The molecular weight excluding hydrogens is 240 g/mol. The Morgan fingerprint density at radius 3 is 3.00 bits per heavy atom. The van der Waals surface area contributed by atoms with Crippen LogP contribution in [0.5, 0.6) is 0 Å². The van der Waals surface area contributed by atoms with Crippen molar-refractivity contribution in [3.05, 3.63) is 28.2 Å². The van der Waals surface area contributed by atoms with Crippen molar-refractivity contribution in [3.63, 3.8) is 0 Å². The van der Waals surface area contributed by atoms with E-state index in [4.69, 9.17) is 0 Å². The van der Waals surface area contributed by atoms with E-state index in [0.29, 0.717) is 5.41 Å². The smallest absolute Gasteiger partial charge is 0.0391 e. The third-order valence-corrected chi connectivity index (χ3v) is 3.91. The molecule has 0 unspecified atom stereocenters. The van der Waals surface area contributed by atoms with Crippen LogP contribution in [0.2, 0.25) is 0 Å². The Labute approximate surface area is 92.2 Å². The standard InChI is InChI=1S/C11H13BrN2/c12-8-1-2-9-10(5-8)14-7-11(9)3-4-13-6-11/h1-2,5,13-14H,3-4,6-7H2/t11-/m0/s1. The van der Waals surface area contributed by atoms with E-state index in [9.17, 15) is 0 Å². The summed E-state index contributed by atoms with van der Waals surface area (Å²) in [5, 5.41) is 6.96. The number of benzene rings is 1. The van der Waals surface area contributed by atoms with Crippen LogP contribution < -0.4 is 10.6 Å². The number of hydrogen-bond donors (Lipinski definition) is 2. The summed E-state index contributed by atoms with van der Waals surface area (Å²) in [6.07, 6.45) is 1.26. The summed E-state index contributed by atoms with van der Waals surface area (Å²) < 4.78 is 1.16. The molecule has 1 spiro atoms. The fourth-order valence-corrected chi connectivity index (χ4v) is 2.97. The van der Waals surface area contributed by atoms with Crippen molar-refractivity contribution in [2.75, 3.05) is 25.0 Å². The van der Waals surface area contributed by atoms with Crippen molar-refractivity contribution >= 4 is 21.6 Å². The summed E-state index contributed by atoms with van der Waals surface area (Å²) in [4.78, 5) is 0. The number of nitrogens with one attached hydrogen (secondary N) is 2. The van der Waals surface area contributed by atoms with Gasteiger partial charge >= 0.3 is 0 Å². The Morgan fingerprint density at radius 2 is 2.21 bits per heavy atom. The average Bonchev–Trinajstić information content (AvgIpc) is 2.77. The van der Waals surface area contributed by atoms with E-state index in [1.165, 1.54) is 17.7 Å². The molecule has 2 heterocycles. The fraction of sp³-hybridized carbons (Fsp3) is 0.455. The molecule has 0 aromatic heterocycles. The van der Waals surface area contributed by atoms with Gasteiger partial charge in [-0.15, -0.1) is 0 Å². The number of halogens is 1. The van der Waals surface area contributed by atoms with Crippen LogP contribution in [0.25, 0.3) is 0 Å². The van der Waals surface area contributed by atoms with Gasteiger partial charge < -0.3 is 10.6 Å². The highest BCUT2D eigenvalue weighted by molar-refractivity contribution is 9.10. The molecule has 0 aliphatic carbocycles. The molecular formula is C11H13BrN2. The Bertz CT molecular complexity index is 370. The van der Waals surface area contributed by atoms with Crippen LogP contribution in [0.1, 0.15) is 12.0 Å². The quantitative estimate of drug-likeness (QED) is 0.740. The van der Waals surface area contributed by atoms with Crippen LogP contribution in [0.3, 0.4) is 0 Å². The second-order valence-corrected chi connectivity index (χ2v) is 5.17. The van der Waals surface area contributed by atoms with E-state index in [1.807, 2.05) is 0 Å². The molecule has 0 bridgehead atoms. The minimum Gasteiger partial charge on any atom is -0.384 e. The maximum atomic E-state index is 3.51. The first-order valence-corrected chi connectivity index (χ1v) is 5.84. The second-order valence-electron chi connectivity index (χ2n) is 4.25. The molecule has 1 saturated heterocycles. The average molecular weight is 253 g/mol. The summed E-state index contributed by atoms with van der Waals surface area (Å²) in [7, 11) is 0. The Morgan fingerprint density at radius 1 is 1.29 bits per heavy atom. The lowest BCUT2D eigenvalue weighted by molar-refractivity contribution is 0.522. The molecule has 2 aliphatic rings. The van der Waals surface area contributed by atoms with Gasteiger partial charge in [-0.2, -0.15) is 0 Å². The molecule has 0 saturated carbocycles. The predicted molar refractivity (Wildman–Crippen MR) is 61.8 cm³/mol. The van der Waals surface area contributed by atoms with Crippen LogP contribution in [0.15, 0.2) is 22.7 Å². The molecule has 14 heavy (non-hydrogen) atoms. The van der Waals surface area contributed by atoms with E-state index >= 15 is 0 Å². The van der Waals surface area contributed by atoms with E-state index in [0.717, 1.165) is 24.1 Å². The first-order chi connectivity index (χ1) is 6.80. The van der Waals surface area contributed by atoms with E-state index in [-0.39, 0.29) is 0 Å². The first-order valence-electron chi connectivity index (χ1n) is 5.05. The van der Waals surface area contributed by atoms with Gasteiger partial charge in [0.1, 0.15) is 0 Å². The maximum absolute atomic E-state index is 3.51. The molecule has 1 fully saturated rings. The molecule has 1 aromatic carbocycles. The Kier molecular flexibility index (Phi) is 1.86. The molecule has 0 amide bonds. The predicted octanol–water partition coefficient (Wildman–Crippen LogP) is 2.11. The van der Waals surface area contributed by atoms with Gasteiger partial charge in [0.25, 0.3) is 0 Å². The highest BCUT2D eigenvalue weighted by Gasteiger charge is 2.40. The van der Waals surface area contributed by atoms with Gasteiger partial charge in [-0.1, -0.05) is 22.0 Å². The highest BCUT2D eigenvalue weighted by atomic mass is 79.9. The molecule has 74 valence electrons. The minimum atomic E-state index is 0.371. The van der Waals surface area contributed by atoms with Gasteiger partial charge in [0, 0.05) is 28.7 Å². The van der Waals surface area contributed by atoms with Crippen molar-refractivity contribution in [1.29, 1.82) is 0 Å². The van der Waals surface area contributed by atoms with Crippen molar-refractivity contribution in [2.24, 2.45) is 0 Å². The zero-order chi connectivity index (χ0) is 9.60. The molecule has 0 radical (unpaired) electrons. The van der Waals surface area contributed by atoms with Crippen molar-refractivity contribution in [3.8, 4) is 0 Å². The molecule has 1 aromatic rings. The van der Waals surface area contributed by atoms with Crippen LogP contribution in [0, 0.1) is 0 Å². The molecule has 3 heteroatoms. The molecule has 3 rings (SSSR count). The topological polar surface area (TPSA) is 24.1 Å². The zero-order valence-corrected chi connectivity index (χ0v) is 9.52. The van der Waals surface area contributed by atoms with Crippen LogP contribution in [-0.2, 0) is 5.41 Å². The van der Waals surface area contributed by atoms with Gasteiger partial charge in [-0.25, -0.2) is 0 Å². The summed E-state index contributed by atoms with van der Waals surface area (Å²) in [6, 6.07) is 6.58. The lowest BCUT2D eigenvalue weighted by Gasteiger charge is -2.21. The first kappa shape index (κ1) is 8.74. The molecule has 1 atom stereocenters. The second kappa shape index (κ2) is 2.97. The maximum Gasteiger partial charge on any atom is 0.0391 e. The summed E-state index contributed by atoms with van der Waals surface area (Å²) in [5.41, 5.74) is 3.17. The van der Waals surface area contributed by atoms with Gasteiger partial charge in [-0.3, -0.25) is 0 Å². The largest absolute Gasteiger partial charge is 0.384 e. The van der Waals surface area contributed by atoms with E-state index < -0.39 is 0 Å². The zero-order valence-electron chi connectivity index (χ0n) is 7.94. The van der Waals surface area contributed by atoms with Crippen molar-refractivity contribution in [1.82, 2.24) is 5.32 Å². The fourth-order valence-electron chi connectivity index (χ4n) is 2.61.